The van der Waals surface area contributed by atoms with Crippen LogP contribution in [0.2, 0.25) is 0 Å². The van der Waals surface area contributed by atoms with Crippen molar-refractivity contribution in [2.45, 2.75) is 26.8 Å². The number of nitrogens with one attached hydrogen (secondary N) is 1. The van der Waals surface area contributed by atoms with Gasteiger partial charge in [-0.25, -0.2) is 9.98 Å². The lowest BCUT2D eigenvalue weighted by Crippen LogP contribution is -2.46. The molecular weight excluding hydrogens is 479 g/mol. The molecule has 0 radical (unpaired) electrons. The normalized spacial score (nSPS) is 20.7. The van der Waals surface area contributed by atoms with E-state index in [1.165, 1.54) is 12.0 Å². The first-order valence-electron chi connectivity index (χ1n) is 10.7. The standard InChI is InChI=1S/C21H36N6O.HI/c1-4-22-21(27-9-7-19(16-27)17-28-3)24-15-18-6-8-23-20(14-18)26-12-10-25(5-2)11-13-26;/h6,8,14,19H,4-5,7,9-13,15-17H2,1-3H3,(H,22,24);1H. The molecule has 0 amide bonds. The Labute approximate surface area is 192 Å². The fourth-order valence-corrected chi connectivity index (χ4v) is 4.01. The molecule has 1 aromatic rings. The molecule has 1 aromatic heterocycles. The molecule has 2 aliphatic heterocycles. The number of rotatable bonds is 7. The second kappa shape index (κ2) is 12.5. The molecule has 2 fully saturated rings. The number of hydrogen-bond acceptors (Lipinski definition) is 5. The molecule has 7 nitrogen and oxygen atoms in total. The van der Waals surface area contributed by atoms with Crippen molar-refractivity contribution < 1.29 is 4.74 Å². The number of anilines is 1. The van der Waals surface area contributed by atoms with Crippen LogP contribution in [0.1, 0.15) is 25.8 Å². The molecular formula is C21H37IN6O. The maximum absolute atomic E-state index is 5.33. The second-order valence-corrected chi connectivity index (χ2v) is 7.67. The SMILES string of the molecule is CCNC(=NCc1ccnc(N2CCN(CC)CC2)c1)N1CCC(COC)C1.I. The monoisotopic (exact) mass is 516 g/mol. The van der Waals surface area contributed by atoms with Crippen molar-refractivity contribution in [1.82, 2.24) is 20.1 Å². The van der Waals surface area contributed by atoms with E-state index in [2.05, 4.69) is 51.0 Å². The summed E-state index contributed by atoms with van der Waals surface area (Å²) < 4.78 is 5.33. The molecule has 0 saturated carbocycles. The van der Waals surface area contributed by atoms with E-state index in [1.54, 1.807) is 7.11 Å². The Kier molecular flexibility index (Phi) is 10.4. The van der Waals surface area contributed by atoms with E-state index in [0.717, 1.165) is 70.7 Å². The molecule has 0 spiro atoms. The highest BCUT2D eigenvalue weighted by molar-refractivity contribution is 14.0. The highest BCUT2D eigenvalue weighted by Gasteiger charge is 2.24. The number of likely N-dealkylation sites (tertiary alicyclic amines) is 1. The fraction of sp³-hybridized carbons (Fsp3) is 0.714. The van der Waals surface area contributed by atoms with Crippen LogP contribution in [0.15, 0.2) is 23.3 Å². The number of nitrogens with zero attached hydrogens (tertiary/aromatic N) is 5. The Balaban J connectivity index is 0.00000300. The van der Waals surface area contributed by atoms with Gasteiger partial charge in [0.1, 0.15) is 5.82 Å². The second-order valence-electron chi connectivity index (χ2n) is 7.67. The average molecular weight is 516 g/mol. The van der Waals surface area contributed by atoms with Crippen LogP contribution in [0.5, 0.6) is 0 Å². The molecule has 0 aromatic carbocycles. The lowest BCUT2D eigenvalue weighted by Gasteiger charge is -2.34. The third kappa shape index (κ3) is 6.96. The molecule has 1 atom stereocenters. The number of aliphatic imine (C=N–C) groups is 1. The summed E-state index contributed by atoms with van der Waals surface area (Å²) in [6.07, 6.45) is 3.09. The van der Waals surface area contributed by atoms with Crippen LogP contribution >= 0.6 is 24.0 Å². The Bertz CT molecular complexity index is 635. The first kappa shape index (κ1) is 24.1. The van der Waals surface area contributed by atoms with E-state index in [0.29, 0.717) is 12.5 Å². The van der Waals surface area contributed by atoms with Crippen molar-refractivity contribution >= 4 is 35.8 Å². The maximum Gasteiger partial charge on any atom is 0.194 e. The average Bonchev–Trinajstić information content (AvgIpc) is 3.20. The summed E-state index contributed by atoms with van der Waals surface area (Å²) in [5.41, 5.74) is 1.21. The highest BCUT2D eigenvalue weighted by Crippen LogP contribution is 2.18. The minimum atomic E-state index is 0. The van der Waals surface area contributed by atoms with Gasteiger partial charge >= 0.3 is 0 Å². The predicted molar refractivity (Wildman–Crippen MR) is 130 cm³/mol. The van der Waals surface area contributed by atoms with Gasteiger partial charge < -0.3 is 24.8 Å². The number of likely N-dealkylation sites (N-methyl/N-ethyl adjacent to an activating group) is 1. The summed E-state index contributed by atoms with van der Waals surface area (Å²) >= 11 is 0. The number of methoxy groups -OCH3 is 1. The molecule has 164 valence electrons. The molecule has 29 heavy (non-hydrogen) atoms. The molecule has 8 heteroatoms. The number of aromatic nitrogens is 1. The van der Waals surface area contributed by atoms with E-state index in [9.17, 15) is 0 Å². The van der Waals surface area contributed by atoms with Gasteiger partial charge in [-0.3, -0.25) is 0 Å². The van der Waals surface area contributed by atoms with E-state index in [1.807, 2.05) is 6.20 Å². The summed E-state index contributed by atoms with van der Waals surface area (Å²) in [6, 6.07) is 4.28. The number of halogens is 1. The summed E-state index contributed by atoms with van der Waals surface area (Å²) in [5, 5.41) is 3.45. The number of guanidine groups is 1. The smallest absolute Gasteiger partial charge is 0.194 e. The topological polar surface area (TPSA) is 56.2 Å². The lowest BCUT2D eigenvalue weighted by atomic mass is 10.1. The predicted octanol–water partition coefficient (Wildman–Crippen LogP) is 2.28. The number of hydrogen-bond donors (Lipinski definition) is 1. The quantitative estimate of drug-likeness (QED) is 0.341. The molecule has 2 saturated heterocycles. The van der Waals surface area contributed by atoms with Gasteiger partial charge in [0, 0.05) is 65.0 Å². The number of piperazine rings is 1. The Morgan fingerprint density at radius 1 is 1.24 bits per heavy atom. The zero-order valence-electron chi connectivity index (χ0n) is 18.1. The molecule has 1 unspecified atom stereocenters. The van der Waals surface area contributed by atoms with Crippen LogP contribution < -0.4 is 10.2 Å². The van der Waals surface area contributed by atoms with Crippen LogP contribution in [0.3, 0.4) is 0 Å². The lowest BCUT2D eigenvalue weighted by molar-refractivity contribution is 0.157. The van der Waals surface area contributed by atoms with Gasteiger partial charge in [0.2, 0.25) is 0 Å². The van der Waals surface area contributed by atoms with Crippen molar-refractivity contribution in [3.63, 3.8) is 0 Å². The zero-order chi connectivity index (χ0) is 19.8. The molecule has 3 rings (SSSR count). The summed E-state index contributed by atoms with van der Waals surface area (Å²) in [6.45, 7) is 14.3. The van der Waals surface area contributed by atoms with Crippen LogP contribution in [0.25, 0.3) is 0 Å². The molecule has 1 N–H and O–H groups in total. The van der Waals surface area contributed by atoms with Gasteiger partial charge in [0.25, 0.3) is 0 Å². The Hall–Kier alpha value is -1.13. The first-order chi connectivity index (χ1) is 13.7. The molecule has 0 bridgehead atoms. The Morgan fingerprint density at radius 3 is 2.72 bits per heavy atom. The van der Waals surface area contributed by atoms with Gasteiger partial charge in [-0.1, -0.05) is 6.92 Å². The molecule has 2 aliphatic rings. The third-order valence-electron chi connectivity index (χ3n) is 5.69. The molecule has 3 heterocycles. The zero-order valence-corrected chi connectivity index (χ0v) is 20.5. The molecule has 0 aliphatic carbocycles. The number of pyridine rings is 1. The van der Waals surface area contributed by atoms with Gasteiger partial charge in [-0.2, -0.15) is 0 Å². The third-order valence-corrected chi connectivity index (χ3v) is 5.69. The van der Waals surface area contributed by atoms with Gasteiger partial charge in [-0.15, -0.1) is 24.0 Å². The van der Waals surface area contributed by atoms with Crippen LogP contribution in [0, 0.1) is 5.92 Å². The van der Waals surface area contributed by atoms with E-state index >= 15 is 0 Å². The van der Waals surface area contributed by atoms with E-state index in [4.69, 9.17) is 9.73 Å². The minimum absolute atomic E-state index is 0. The van der Waals surface area contributed by atoms with Crippen LogP contribution in [0.4, 0.5) is 5.82 Å². The van der Waals surface area contributed by atoms with Crippen molar-refractivity contribution in [1.29, 1.82) is 0 Å². The van der Waals surface area contributed by atoms with Crippen molar-refractivity contribution in [3.05, 3.63) is 23.9 Å². The van der Waals surface area contributed by atoms with Gasteiger partial charge in [-0.05, 0) is 37.6 Å². The van der Waals surface area contributed by atoms with Crippen LogP contribution in [-0.4, -0.2) is 86.8 Å². The largest absolute Gasteiger partial charge is 0.384 e. The highest BCUT2D eigenvalue weighted by atomic mass is 127. The number of ether oxygens (including phenoxy) is 1. The maximum atomic E-state index is 5.33. The van der Waals surface area contributed by atoms with E-state index < -0.39 is 0 Å². The fourth-order valence-electron chi connectivity index (χ4n) is 4.01. The van der Waals surface area contributed by atoms with Gasteiger partial charge in [0.05, 0.1) is 13.2 Å². The van der Waals surface area contributed by atoms with Crippen molar-refractivity contribution in [3.8, 4) is 0 Å². The summed E-state index contributed by atoms with van der Waals surface area (Å²) in [5.74, 6) is 2.69. The van der Waals surface area contributed by atoms with E-state index in [-0.39, 0.29) is 24.0 Å². The first-order valence-corrected chi connectivity index (χ1v) is 10.7. The Morgan fingerprint density at radius 2 is 2.03 bits per heavy atom. The summed E-state index contributed by atoms with van der Waals surface area (Å²) in [4.78, 5) is 16.7. The summed E-state index contributed by atoms with van der Waals surface area (Å²) in [7, 11) is 1.78. The minimum Gasteiger partial charge on any atom is -0.384 e. The van der Waals surface area contributed by atoms with Crippen molar-refractivity contribution in [2.75, 3.05) is 71.0 Å². The van der Waals surface area contributed by atoms with Crippen LogP contribution in [-0.2, 0) is 11.3 Å². The van der Waals surface area contributed by atoms with Crippen molar-refractivity contribution in [2.24, 2.45) is 10.9 Å². The van der Waals surface area contributed by atoms with Gasteiger partial charge in [0.15, 0.2) is 5.96 Å².